The van der Waals surface area contributed by atoms with Crippen molar-refractivity contribution < 1.29 is 4.39 Å². The maximum Gasteiger partial charge on any atom is 0.146 e. The van der Waals surface area contributed by atoms with Gasteiger partial charge in [0.25, 0.3) is 0 Å². The van der Waals surface area contributed by atoms with E-state index in [-0.39, 0.29) is 11.9 Å². The van der Waals surface area contributed by atoms with Crippen LogP contribution in [-0.2, 0) is 6.54 Å². The Morgan fingerprint density at radius 1 is 1.39 bits per heavy atom. The van der Waals surface area contributed by atoms with Gasteiger partial charge in [-0.3, -0.25) is 0 Å². The predicted molar refractivity (Wildman–Crippen MR) is 75.4 cm³/mol. The van der Waals surface area contributed by atoms with Gasteiger partial charge in [0.15, 0.2) is 0 Å². The fraction of sp³-hybridized carbons (Fsp3) is 0.286. The number of nitrogens with zero attached hydrogens (tertiary/aromatic N) is 1. The van der Waals surface area contributed by atoms with E-state index in [2.05, 4.69) is 11.4 Å². The van der Waals surface area contributed by atoms with Crippen molar-refractivity contribution in [2.75, 3.05) is 11.9 Å². The van der Waals surface area contributed by atoms with Crippen LogP contribution in [0.2, 0.25) is 0 Å². The molecule has 0 aliphatic carbocycles. The Bertz CT molecular complexity index is 509. The summed E-state index contributed by atoms with van der Waals surface area (Å²) in [7, 11) is 1.89. The number of thiophene rings is 1. The molecule has 0 spiro atoms. The van der Waals surface area contributed by atoms with Gasteiger partial charge in [-0.2, -0.15) is 11.3 Å². The molecular formula is C14H17FN2S. The molecule has 0 unspecified atom stereocenters. The Morgan fingerprint density at radius 3 is 2.72 bits per heavy atom. The molecule has 0 saturated heterocycles. The molecule has 1 heterocycles. The molecule has 2 nitrogen and oxygen atoms in total. The van der Waals surface area contributed by atoms with Gasteiger partial charge in [-0.25, -0.2) is 4.39 Å². The van der Waals surface area contributed by atoms with Gasteiger partial charge in [0.2, 0.25) is 0 Å². The van der Waals surface area contributed by atoms with Gasteiger partial charge in [-0.15, -0.1) is 0 Å². The van der Waals surface area contributed by atoms with Gasteiger partial charge in [-0.05, 0) is 47.0 Å². The van der Waals surface area contributed by atoms with Gasteiger partial charge in [0.05, 0.1) is 5.69 Å². The molecule has 2 rings (SSSR count). The molecule has 1 atom stereocenters. The van der Waals surface area contributed by atoms with E-state index in [0.717, 1.165) is 5.56 Å². The van der Waals surface area contributed by atoms with Crippen molar-refractivity contribution >= 4 is 17.0 Å². The molecule has 1 aromatic heterocycles. The normalized spacial score (nSPS) is 12.4. The molecule has 1 aromatic carbocycles. The van der Waals surface area contributed by atoms with Crippen LogP contribution in [0.5, 0.6) is 0 Å². The van der Waals surface area contributed by atoms with Crippen LogP contribution in [0.15, 0.2) is 35.0 Å². The van der Waals surface area contributed by atoms with E-state index in [4.69, 9.17) is 5.73 Å². The monoisotopic (exact) mass is 264 g/mol. The van der Waals surface area contributed by atoms with Crippen LogP contribution in [0.3, 0.4) is 0 Å². The summed E-state index contributed by atoms with van der Waals surface area (Å²) in [6, 6.07) is 7.10. The molecule has 2 N–H and O–H groups in total. The van der Waals surface area contributed by atoms with Gasteiger partial charge in [-0.1, -0.05) is 6.07 Å². The summed E-state index contributed by atoms with van der Waals surface area (Å²) in [4.78, 5) is 1.91. The smallest absolute Gasteiger partial charge is 0.146 e. The average molecular weight is 264 g/mol. The Balaban J connectivity index is 2.17. The second-order valence-corrected chi connectivity index (χ2v) is 5.27. The number of hydrogen-bond donors (Lipinski definition) is 1. The molecule has 0 radical (unpaired) electrons. The fourth-order valence-electron chi connectivity index (χ4n) is 1.86. The number of benzene rings is 1. The minimum atomic E-state index is -0.220. The van der Waals surface area contributed by atoms with Crippen molar-refractivity contribution in [3.63, 3.8) is 0 Å². The van der Waals surface area contributed by atoms with Gasteiger partial charge in [0.1, 0.15) is 5.82 Å². The second kappa shape index (κ2) is 5.50. The Hall–Kier alpha value is -1.39. The maximum atomic E-state index is 14.0. The Kier molecular flexibility index (Phi) is 3.99. The molecular weight excluding hydrogens is 247 g/mol. The Morgan fingerprint density at radius 2 is 2.17 bits per heavy atom. The predicted octanol–water partition coefficient (Wildman–Crippen LogP) is 3.54. The molecule has 0 saturated carbocycles. The fourth-order valence-corrected chi connectivity index (χ4v) is 2.52. The molecule has 0 aliphatic rings. The summed E-state index contributed by atoms with van der Waals surface area (Å²) in [6.45, 7) is 2.56. The summed E-state index contributed by atoms with van der Waals surface area (Å²) in [5, 5.41) is 4.10. The van der Waals surface area contributed by atoms with Crippen LogP contribution in [0.4, 0.5) is 10.1 Å². The number of hydrogen-bond acceptors (Lipinski definition) is 3. The maximum absolute atomic E-state index is 14.0. The van der Waals surface area contributed by atoms with E-state index in [1.54, 1.807) is 17.4 Å². The standard InChI is InChI=1S/C14H17FN2S/c1-10(16)12-3-4-14(13(15)7-12)17(2)8-11-5-6-18-9-11/h3-7,9-10H,8,16H2,1-2H3/t10-/m0/s1. The van der Waals surface area contributed by atoms with E-state index in [0.29, 0.717) is 12.2 Å². The topological polar surface area (TPSA) is 29.3 Å². The third-order valence-corrected chi connectivity index (χ3v) is 3.64. The lowest BCUT2D eigenvalue weighted by Gasteiger charge is -2.20. The lowest BCUT2D eigenvalue weighted by atomic mass is 10.1. The van der Waals surface area contributed by atoms with Gasteiger partial charge >= 0.3 is 0 Å². The third-order valence-electron chi connectivity index (χ3n) is 2.91. The van der Waals surface area contributed by atoms with Crippen molar-refractivity contribution in [1.29, 1.82) is 0 Å². The highest BCUT2D eigenvalue weighted by Crippen LogP contribution is 2.23. The first kappa shape index (κ1) is 13.1. The second-order valence-electron chi connectivity index (χ2n) is 4.49. The molecule has 96 valence electrons. The summed E-state index contributed by atoms with van der Waals surface area (Å²) in [5.41, 5.74) is 8.35. The third kappa shape index (κ3) is 2.89. The van der Waals surface area contributed by atoms with Crippen molar-refractivity contribution in [1.82, 2.24) is 0 Å². The first-order valence-corrected chi connectivity index (χ1v) is 6.79. The Labute approximate surface area is 111 Å². The SMILES string of the molecule is C[C@H](N)c1ccc(N(C)Cc2ccsc2)c(F)c1. The van der Waals surface area contributed by atoms with Crippen molar-refractivity contribution in [3.8, 4) is 0 Å². The summed E-state index contributed by atoms with van der Waals surface area (Å²) >= 11 is 1.65. The quantitative estimate of drug-likeness (QED) is 0.915. The van der Waals surface area contributed by atoms with E-state index in [1.165, 1.54) is 11.6 Å². The highest BCUT2D eigenvalue weighted by Gasteiger charge is 2.10. The molecule has 0 fully saturated rings. The zero-order valence-corrected chi connectivity index (χ0v) is 11.4. The minimum Gasteiger partial charge on any atom is -0.368 e. The van der Waals surface area contributed by atoms with Crippen LogP contribution >= 0.6 is 11.3 Å². The minimum absolute atomic E-state index is 0.143. The van der Waals surface area contributed by atoms with E-state index in [9.17, 15) is 4.39 Å². The van der Waals surface area contributed by atoms with Gasteiger partial charge < -0.3 is 10.6 Å². The van der Waals surface area contributed by atoms with Crippen molar-refractivity contribution in [2.24, 2.45) is 5.73 Å². The highest BCUT2D eigenvalue weighted by molar-refractivity contribution is 7.07. The van der Waals surface area contributed by atoms with Crippen molar-refractivity contribution in [2.45, 2.75) is 19.5 Å². The highest BCUT2D eigenvalue weighted by atomic mass is 32.1. The first-order chi connectivity index (χ1) is 8.58. The van der Waals surface area contributed by atoms with Crippen LogP contribution < -0.4 is 10.6 Å². The molecule has 0 aliphatic heterocycles. The zero-order chi connectivity index (χ0) is 13.1. The summed E-state index contributed by atoms with van der Waals surface area (Å²) < 4.78 is 14.0. The largest absolute Gasteiger partial charge is 0.368 e. The van der Waals surface area contributed by atoms with E-state index in [1.807, 2.05) is 30.3 Å². The zero-order valence-electron chi connectivity index (χ0n) is 10.6. The number of halogens is 1. The molecule has 2 aromatic rings. The van der Waals surface area contributed by atoms with Gasteiger partial charge in [0, 0.05) is 19.6 Å². The van der Waals surface area contributed by atoms with Crippen molar-refractivity contribution in [3.05, 3.63) is 52.0 Å². The summed E-state index contributed by atoms with van der Waals surface area (Å²) in [5.74, 6) is -0.220. The van der Waals surface area contributed by atoms with Crippen LogP contribution in [0.25, 0.3) is 0 Å². The lowest BCUT2D eigenvalue weighted by molar-refractivity contribution is 0.617. The number of rotatable bonds is 4. The molecule has 0 bridgehead atoms. The van der Waals surface area contributed by atoms with Crippen LogP contribution in [0, 0.1) is 5.82 Å². The van der Waals surface area contributed by atoms with E-state index >= 15 is 0 Å². The van der Waals surface area contributed by atoms with Crippen LogP contribution in [-0.4, -0.2) is 7.05 Å². The van der Waals surface area contributed by atoms with Crippen LogP contribution in [0.1, 0.15) is 24.1 Å². The number of anilines is 1. The summed E-state index contributed by atoms with van der Waals surface area (Å²) in [6.07, 6.45) is 0. The average Bonchev–Trinajstić information content (AvgIpc) is 2.81. The first-order valence-electron chi connectivity index (χ1n) is 5.85. The molecule has 18 heavy (non-hydrogen) atoms. The molecule has 4 heteroatoms. The number of nitrogens with two attached hydrogens (primary N) is 1. The molecule has 0 amide bonds. The van der Waals surface area contributed by atoms with E-state index < -0.39 is 0 Å². The lowest BCUT2D eigenvalue weighted by Crippen LogP contribution is -2.17.